The fourth-order valence-corrected chi connectivity index (χ4v) is 3.42. The Morgan fingerprint density at radius 3 is 2.77 bits per heavy atom. The number of fused-ring (bicyclic) bond motifs is 1. The van der Waals surface area contributed by atoms with Crippen LogP contribution >= 0.6 is 0 Å². The maximum atomic E-state index is 12.7. The quantitative estimate of drug-likeness (QED) is 0.543. The van der Waals surface area contributed by atoms with Crippen LogP contribution in [0.4, 0.5) is 0 Å². The van der Waals surface area contributed by atoms with Crippen LogP contribution in [0.1, 0.15) is 29.0 Å². The fraction of sp³-hybridized carbons (Fsp3) is 0.304. The average Bonchev–Trinajstić information content (AvgIpc) is 3.32. The Kier molecular flexibility index (Phi) is 6.24. The summed E-state index contributed by atoms with van der Waals surface area (Å²) in [5.74, 6) is 0.304. The third kappa shape index (κ3) is 4.73. The van der Waals surface area contributed by atoms with Crippen molar-refractivity contribution >= 4 is 16.9 Å². The summed E-state index contributed by atoms with van der Waals surface area (Å²) in [5, 5.41) is 9.48. The number of hydrogen-bond donors (Lipinski definition) is 0. The fourth-order valence-electron chi connectivity index (χ4n) is 3.42. The van der Waals surface area contributed by atoms with Crippen molar-refractivity contribution in [1.29, 1.82) is 5.26 Å². The van der Waals surface area contributed by atoms with Gasteiger partial charge in [-0.3, -0.25) is 9.36 Å². The summed E-state index contributed by atoms with van der Waals surface area (Å²) >= 11 is 0. The monoisotopic (exact) mass is 419 g/mol. The van der Waals surface area contributed by atoms with Gasteiger partial charge in [-0.15, -0.1) is 0 Å². The van der Waals surface area contributed by atoms with E-state index in [-0.39, 0.29) is 30.6 Å². The van der Waals surface area contributed by atoms with Crippen LogP contribution in [0.15, 0.2) is 53.3 Å². The number of nitrogens with zero attached hydrogens (tertiary/aromatic N) is 3. The zero-order chi connectivity index (χ0) is 21.6. The Balaban J connectivity index is 1.43. The van der Waals surface area contributed by atoms with Gasteiger partial charge in [0, 0.05) is 6.61 Å². The molecule has 0 unspecified atom stereocenters. The highest BCUT2D eigenvalue weighted by atomic mass is 16.5. The van der Waals surface area contributed by atoms with Gasteiger partial charge in [0.25, 0.3) is 5.56 Å². The van der Waals surface area contributed by atoms with E-state index in [1.54, 1.807) is 48.5 Å². The van der Waals surface area contributed by atoms with E-state index in [1.165, 1.54) is 4.57 Å². The molecule has 8 nitrogen and oxygen atoms in total. The predicted octanol–water partition coefficient (Wildman–Crippen LogP) is 2.83. The van der Waals surface area contributed by atoms with Gasteiger partial charge in [-0.25, -0.2) is 9.78 Å². The van der Waals surface area contributed by atoms with Gasteiger partial charge in [-0.1, -0.05) is 12.1 Å². The van der Waals surface area contributed by atoms with Crippen LogP contribution < -0.4 is 10.3 Å². The molecule has 158 valence electrons. The minimum absolute atomic E-state index is 0.116. The molecular formula is C23H21N3O5. The molecule has 4 rings (SSSR count). The molecule has 0 amide bonds. The molecule has 1 saturated heterocycles. The van der Waals surface area contributed by atoms with Gasteiger partial charge in [0.15, 0.2) is 5.82 Å². The number of benzene rings is 2. The first-order valence-corrected chi connectivity index (χ1v) is 10.0. The lowest BCUT2D eigenvalue weighted by Crippen LogP contribution is -2.26. The Morgan fingerprint density at radius 1 is 1.23 bits per heavy atom. The van der Waals surface area contributed by atoms with E-state index < -0.39 is 5.97 Å². The Morgan fingerprint density at radius 2 is 2.03 bits per heavy atom. The van der Waals surface area contributed by atoms with Crippen LogP contribution in [0, 0.1) is 11.3 Å². The molecule has 0 spiro atoms. The van der Waals surface area contributed by atoms with Crippen molar-refractivity contribution in [3.05, 3.63) is 70.3 Å². The largest absolute Gasteiger partial charge is 0.491 e. The molecule has 0 aliphatic carbocycles. The molecule has 1 aliphatic heterocycles. The maximum absolute atomic E-state index is 12.7. The highest BCUT2D eigenvalue weighted by Gasteiger charge is 2.17. The summed E-state index contributed by atoms with van der Waals surface area (Å²) in [6.45, 7) is 0.846. The number of nitriles is 1. The second-order valence-corrected chi connectivity index (χ2v) is 7.14. The van der Waals surface area contributed by atoms with Crippen LogP contribution in [0.3, 0.4) is 0 Å². The summed E-state index contributed by atoms with van der Waals surface area (Å²) < 4.78 is 17.8. The number of para-hydroxylation sites is 1. The van der Waals surface area contributed by atoms with Crippen LogP contribution in [-0.4, -0.2) is 34.8 Å². The number of carbonyl (C=O) groups is 1. The normalized spacial score (nSPS) is 15.5. The zero-order valence-electron chi connectivity index (χ0n) is 16.8. The van der Waals surface area contributed by atoms with Crippen LogP contribution in [0.25, 0.3) is 10.9 Å². The van der Waals surface area contributed by atoms with Crippen molar-refractivity contribution in [3.8, 4) is 11.8 Å². The molecule has 1 aliphatic rings. The smallest absolute Gasteiger partial charge is 0.338 e. The number of aromatic nitrogens is 2. The minimum atomic E-state index is -0.559. The van der Waals surface area contributed by atoms with E-state index in [4.69, 9.17) is 19.5 Å². The maximum Gasteiger partial charge on any atom is 0.338 e. The molecule has 1 aromatic heterocycles. The van der Waals surface area contributed by atoms with Crippen molar-refractivity contribution < 1.29 is 19.0 Å². The lowest BCUT2D eigenvalue weighted by atomic mass is 10.2. The van der Waals surface area contributed by atoms with Crippen molar-refractivity contribution in [2.45, 2.75) is 32.1 Å². The molecule has 2 heterocycles. The van der Waals surface area contributed by atoms with Crippen molar-refractivity contribution in [3.63, 3.8) is 0 Å². The lowest BCUT2D eigenvalue weighted by Gasteiger charge is -2.12. The first-order valence-electron chi connectivity index (χ1n) is 10.0. The summed E-state index contributed by atoms with van der Waals surface area (Å²) in [7, 11) is 0. The van der Waals surface area contributed by atoms with E-state index in [0.29, 0.717) is 28.8 Å². The number of esters is 1. The summed E-state index contributed by atoms with van der Waals surface area (Å²) in [5.41, 5.74) is 0.492. The topological polar surface area (TPSA) is 103 Å². The van der Waals surface area contributed by atoms with Gasteiger partial charge in [-0.05, 0) is 49.2 Å². The van der Waals surface area contributed by atoms with Crippen molar-refractivity contribution in [2.24, 2.45) is 0 Å². The minimum Gasteiger partial charge on any atom is -0.491 e. The van der Waals surface area contributed by atoms with E-state index in [9.17, 15) is 9.59 Å². The second kappa shape index (κ2) is 9.41. The third-order valence-electron chi connectivity index (χ3n) is 5.05. The van der Waals surface area contributed by atoms with Gasteiger partial charge in [0.1, 0.15) is 25.5 Å². The van der Waals surface area contributed by atoms with Crippen molar-refractivity contribution in [1.82, 2.24) is 9.55 Å². The molecular weight excluding hydrogens is 398 g/mol. The molecule has 1 atom stereocenters. The third-order valence-corrected chi connectivity index (χ3v) is 5.05. The average molecular weight is 419 g/mol. The highest BCUT2D eigenvalue weighted by Crippen LogP contribution is 2.17. The molecule has 0 N–H and O–H groups in total. The number of ether oxygens (including phenoxy) is 3. The Bertz CT molecular complexity index is 1170. The van der Waals surface area contributed by atoms with E-state index in [0.717, 1.165) is 19.4 Å². The van der Waals surface area contributed by atoms with Gasteiger partial charge in [-0.2, -0.15) is 5.26 Å². The number of carbonyl (C=O) groups excluding carboxylic acids is 1. The van der Waals surface area contributed by atoms with E-state index in [2.05, 4.69) is 4.98 Å². The van der Waals surface area contributed by atoms with Gasteiger partial charge >= 0.3 is 5.97 Å². The molecule has 0 saturated carbocycles. The lowest BCUT2D eigenvalue weighted by molar-refractivity contribution is 0.0457. The molecule has 8 heteroatoms. The predicted molar refractivity (Wildman–Crippen MR) is 112 cm³/mol. The number of hydrogen-bond acceptors (Lipinski definition) is 7. The molecule has 31 heavy (non-hydrogen) atoms. The van der Waals surface area contributed by atoms with E-state index in [1.807, 2.05) is 6.07 Å². The molecule has 1 fully saturated rings. The molecule has 3 aromatic rings. The molecule has 2 aromatic carbocycles. The Labute approximate surface area is 178 Å². The zero-order valence-corrected chi connectivity index (χ0v) is 16.8. The molecule has 0 radical (unpaired) electrons. The summed E-state index contributed by atoms with van der Waals surface area (Å²) in [6.07, 6.45) is 2.15. The summed E-state index contributed by atoms with van der Waals surface area (Å²) in [4.78, 5) is 29.5. The van der Waals surface area contributed by atoms with Gasteiger partial charge < -0.3 is 14.2 Å². The standard InChI is InChI=1S/C23H21N3O5/c24-11-12-26-21(25-20-6-2-1-5-19(20)22(26)27)15-31-23(28)16-7-9-17(10-8-16)30-14-18-4-3-13-29-18/h1-2,5-10,18H,3-4,12-15H2/t18-/m0/s1. The van der Waals surface area contributed by atoms with E-state index >= 15 is 0 Å². The van der Waals surface area contributed by atoms with Crippen molar-refractivity contribution in [2.75, 3.05) is 13.2 Å². The first-order chi connectivity index (χ1) is 15.2. The Hall–Kier alpha value is -3.70. The second-order valence-electron chi connectivity index (χ2n) is 7.14. The summed E-state index contributed by atoms with van der Waals surface area (Å²) in [6, 6.07) is 15.4. The van der Waals surface area contributed by atoms with Crippen LogP contribution in [-0.2, 0) is 22.6 Å². The van der Waals surface area contributed by atoms with Crippen LogP contribution in [0.2, 0.25) is 0 Å². The first kappa shape index (κ1) is 20.6. The van der Waals surface area contributed by atoms with Crippen LogP contribution in [0.5, 0.6) is 5.75 Å². The number of rotatable bonds is 7. The van der Waals surface area contributed by atoms with Gasteiger partial charge in [0.05, 0.1) is 28.6 Å². The molecule has 0 bridgehead atoms. The SMILES string of the molecule is N#CCn1c(COC(=O)c2ccc(OC[C@@H]3CCCO3)cc2)nc2ccccc2c1=O. The highest BCUT2D eigenvalue weighted by molar-refractivity contribution is 5.89. The van der Waals surface area contributed by atoms with Gasteiger partial charge in [0.2, 0.25) is 0 Å².